The highest BCUT2D eigenvalue weighted by molar-refractivity contribution is 5.86. The van der Waals surface area contributed by atoms with Crippen molar-refractivity contribution >= 4 is 17.7 Å². The summed E-state index contributed by atoms with van der Waals surface area (Å²) in [7, 11) is 0. The minimum atomic E-state index is -0.986. The van der Waals surface area contributed by atoms with Gasteiger partial charge in [0.15, 0.2) is 11.9 Å². The SMILES string of the molecule is O=C(O)[C@H](Cc1ccccc1)N(NC1=NCCN1)c1cc(-c2ccc(OCc3ccccc3)cc2)ncn1. The summed E-state index contributed by atoms with van der Waals surface area (Å²) >= 11 is 0. The van der Waals surface area contributed by atoms with Crippen LogP contribution in [0, 0.1) is 0 Å². The second kappa shape index (κ2) is 11.9. The van der Waals surface area contributed by atoms with Crippen LogP contribution in [0.25, 0.3) is 11.3 Å². The Bertz CT molecular complexity index is 1380. The molecule has 0 aliphatic carbocycles. The van der Waals surface area contributed by atoms with Gasteiger partial charge in [-0.05, 0) is 35.4 Å². The number of aliphatic carboxylic acids is 1. The Kier molecular flexibility index (Phi) is 7.74. The van der Waals surface area contributed by atoms with Gasteiger partial charge in [0.05, 0.1) is 12.2 Å². The van der Waals surface area contributed by atoms with E-state index in [0.29, 0.717) is 37.2 Å². The van der Waals surface area contributed by atoms with Crippen LogP contribution in [0.4, 0.5) is 5.82 Å². The van der Waals surface area contributed by atoms with Gasteiger partial charge in [0.1, 0.15) is 18.7 Å². The molecule has 4 aromatic rings. The second-order valence-electron chi connectivity index (χ2n) is 8.74. The number of rotatable bonds is 10. The Morgan fingerprint density at radius 2 is 1.68 bits per heavy atom. The lowest BCUT2D eigenvalue weighted by Gasteiger charge is -2.31. The molecule has 2 heterocycles. The molecule has 0 amide bonds. The molecule has 0 fully saturated rings. The second-order valence-corrected chi connectivity index (χ2v) is 8.74. The van der Waals surface area contributed by atoms with Crippen molar-refractivity contribution in [3.63, 3.8) is 0 Å². The fraction of sp³-hybridized carbons (Fsp3) is 0.172. The Labute approximate surface area is 220 Å². The van der Waals surface area contributed by atoms with E-state index in [-0.39, 0.29) is 6.42 Å². The summed E-state index contributed by atoms with van der Waals surface area (Å²) in [6, 6.07) is 27.9. The third-order valence-corrected chi connectivity index (χ3v) is 6.07. The topological polar surface area (TPSA) is 112 Å². The molecule has 0 spiro atoms. The molecular weight excluding hydrogens is 480 g/mol. The summed E-state index contributed by atoms with van der Waals surface area (Å²) in [4.78, 5) is 25.7. The van der Waals surface area contributed by atoms with Crippen LogP contribution in [0.5, 0.6) is 5.75 Å². The molecule has 9 nitrogen and oxygen atoms in total. The zero-order chi connectivity index (χ0) is 26.2. The molecule has 5 rings (SSSR count). The first-order valence-electron chi connectivity index (χ1n) is 12.4. The molecular formula is C29H28N6O3. The number of benzene rings is 3. The Balaban J connectivity index is 1.38. The molecule has 1 aliphatic rings. The zero-order valence-electron chi connectivity index (χ0n) is 20.7. The highest BCUT2D eigenvalue weighted by Crippen LogP contribution is 2.25. The number of hydrazine groups is 1. The van der Waals surface area contributed by atoms with Gasteiger partial charge in [-0.3, -0.25) is 15.4 Å². The number of carboxylic acid groups (broad SMARTS) is 1. The largest absolute Gasteiger partial charge is 0.489 e. The van der Waals surface area contributed by atoms with Crippen LogP contribution >= 0.6 is 0 Å². The molecule has 0 saturated heterocycles. The van der Waals surface area contributed by atoms with E-state index in [1.807, 2.05) is 84.9 Å². The summed E-state index contributed by atoms with van der Waals surface area (Å²) in [6.45, 7) is 1.77. The monoisotopic (exact) mass is 508 g/mol. The molecule has 9 heteroatoms. The lowest BCUT2D eigenvalue weighted by Crippen LogP contribution is -2.55. The van der Waals surface area contributed by atoms with Crippen molar-refractivity contribution in [2.45, 2.75) is 19.1 Å². The molecule has 192 valence electrons. The average molecular weight is 509 g/mol. The summed E-state index contributed by atoms with van der Waals surface area (Å²) in [5.74, 6) is 0.679. The van der Waals surface area contributed by atoms with Gasteiger partial charge in [-0.1, -0.05) is 60.7 Å². The molecule has 0 saturated carbocycles. The summed E-state index contributed by atoms with van der Waals surface area (Å²) in [6.07, 6.45) is 1.70. The number of ether oxygens (including phenoxy) is 1. The van der Waals surface area contributed by atoms with Gasteiger partial charge < -0.3 is 15.2 Å². The smallest absolute Gasteiger partial charge is 0.328 e. The maximum atomic E-state index is 12.4. The normalized spacial score (nSPS) is 13.2. The van der Waals surface area contributed by atoms with Crippen molar-refractivity contribution in [2.75, 3.05) is 18.1 Å². The maximum Gasteiger partial charge on any atom is 0.328 e. The number of nitrogens with one attached hydrogen (secondary N) is 2. The molecule has 0 bridgehead atoms. The lowest BCUT2D eigenvalue weighted by molar-refractivity contribution is -0.138. The van der Waals surface area contributed by atoms with Crippen molar-refractivity contribution in [2.24, 2.45) is 4.99 Å². The van der Waals surface area contributed by atoms with Crippen LogP contribution in [0.3, 0.4) is 0 Å². The van der Waals surface area contributed by atoms with Gasteiger partial charge in [0.25, 0.3) is 0 Å². The number of carbonyl (C=O) groups is 1. The Morgan fingerprint density at radius 1 is 0.974 bits per heavy atom. The number of nitrogens with zero attached hydrogens (tertiary/aromatic N) is 4. The number of hydrogen-bond donors (Lipinski definition) is 3. The highest BCUT2D eigenvalue weighted by atomic mass is 16.5. The third-order valence-electron chi connectivity index (χ3n) is 6.07. The van der Waals surface area contributed by atoms with Gasteiger partial charge in [-0.25, -0.2) is 14.8 Å². The standard InChI is InChI=1S/C29H28N6O3/c36-28(37)26(17-21-7-3-1-4-8-21)35(34-29-30-15-16-31-29)27-18-25(32-20-33-27)23-11-13-24(14-12-23)38-19-22-9-5-2-6-10-22/h1-14,18,20,26H,15-17,19H2,(H,36,37)(H2,30,31,34)/t26-/m0/s1. The molecule has 1 atom stereocenters. The number of aliphatic imine (C=N–C) groups is 1. The van der Waals surface area contributed by atoms with Crippen LogP contribution in [0.2, 0.25) is 0 Å². The lowest BCUT2D eigenvalue weighted by atomic mass is 10.1. The minimum Gasteiger partial charge on any atom is -0.489 e. The van der Waals surface area contributed by atoms with E-state index in [0.717, 1.165) is 22.4 Å². The van der Waals surface area contributed by atoms with Crippen molar-refractivity contribution in [3.8, 4) is 17.0 Å². The first-order valence-corrected chi connectivity index (χ1v) is 12.4. The molecule has 0 unspecified atom stereocenters. The molecule has 1 aliphatic heterocycles. The number of guanidine groups is 1. The van der Waals surface area contributed by atoms with E-state index in [9.17, 15) is 9.90 Å². The van der Waals surface area contributed by atoms with Gasteiger partial charge in [-0.15, -0.1) is 0 Å². The van der Waals surface area contributed by atoms with Crippen molar-refractivity contribution in [1.29, 1.82) is 0 Å². The predicted molar refractivity (Wildman–Crippen MR) is 146 cm³/mol. The molecule has 38 heavy (non-hydrogen) atoms. The van der Waals surface area contributed by atoms with Gasteiger partial charge in [0, 0.05) is 24.6 Å². The number of carboxylic acids is 1. The van der Waals surface area contributed by atoms with E-state index in [4.69, 9.17) is 4.74 Å². The molecule has 3 aromatic carbocycles. The van der Waals surface area contributed by atoms with E-state index in [1.54, 1.807) is 6.07 Å². The average Bonchev–Trinajstić information content (AvgIpc) is 3.48. The summed E-state index contributed by atoms with van der Waals surface area (Å²) in [5, 5.41) is 14.9. The van der Waals surface area contributed by atoms with Crippen LogP contribution in [0.15, 0.2) is 102 Å². The van der Waals surface area contributed by atoms with Crippen LogP contribution in [-0.2, 0) is 17.8 Å². The maximum absolute atomic E-state index is 12.4. The van der Waals surface area contributed by atoms with Crippen molar-refractivity contribution < 1.29 is 14.6 Å². The summed E-state index contributed by atoms with van der Waals surface area (Å²) in [5.41, 5.74) is 6.63. The fourth-order valence-corrected chi connectivity index (χ4v) is 4.11. The Morgan fingerprint density at radius 3 is 2.34 bits per heavy atom. The number of hydrogen-bond acceptors (Lipinski definition) is 8. The highest BCUT2D eigenvalue weighted by Gasteiger charge is 2.29. The zero-order valence-corrected chi connectivity index (χ0v) is 20.7. The minimum absolute atomic E-state index is 0.267. The van der Waals surface area contributed by atoms with Gasteiger partial charge >= 0.3 is 5.97 Å². The number of aromatic nitrogens is 2. The van der Waals surface area contributed by atoms with Crippen molar-refractivity contribution in [3.05, 3.63) is 108 Å². The molecule has 0 radical (unpaired) electrons. The van der Waals surface area contributed by atoms with Crippen molar-refractivity contribution in [1.82, 2.24) is 20.7 Å². The predicted octanol–water partition coefficient (Wildman–Crippen LogP) is 3.69. The van der Waals surface area contributed by atoms with Crippen LogP contribution < -0.4 is 20.5 Å². The third kappa shape index (κ3) is 6.25. The number of anilines is 1. The molecule has 1 aromatic heterocycles. The van der Waals surface area contributed by atoms with Gasteiger partial charge in [-0.2, -0.15) is 0 Å². The Hall–Kier alpha value is -4.92. The van der Waals surface area contributed by atoms with E-state index in [2.05, 4.69) is 25.7 Å². The molecule has 3 N–H and O–H groups in total. The van der Waals surface area contributed by atoms with E-state index >= 15 is 0 Å². The van der Waals surface area contributed by atoms with Crippen LogP contribution in [-0.4, -0.2) is 46.1 Å². The fourth-order valence-electron chi connectivity index (χ4n) is 4.11. The van der Waals surface area contributed by atoms with Crippen LogP contribution in [0.1, 0.15) is 11.1 Å². The van der Waals surface area contributed by atoms with E-state index in [1.165, 1.54) is 11.3 Å². The van der Waals surface area contributed by atoms with Gasteiger partial charge in [0.2, 0.25) is 5.96 Å². The quantitative estimate of drug-likeness (QED) is 0.278. The van der Waals surface area contributed by atoms with E-state index < -0.39 is 12.0 Å². The summed E-state index contributed by atoms with van der Waals surface area (Å²) < 4.78 is 5.90. The first kappa shape index (κ1) is 24.8. The first-order chi connectivity index (χ1) is 18.7.